The molecule has 0 amide bonds. The summed E-state index contributed by atoms with van der Waals surface area (Å²) in [5.41, 5.74) is 1.08. The lowest BCUT2D eigenvalue weighted by molar-refractivity contribution is 0.112. The van der Waals surface area contributed by atoms with E-state index in [1.807, 2.05) is 22.9 Å². The molecule has 2 aromatic heterocycles. The molecule has 0 N–H and O–H groups in total. The molecule has 3 heterocycles. The number of thiophene rings is 1. The molecule has 1 aliphatic rings. The highest BCUT2D eigenvalue weighted by Crippen LogP contribution is 2.35. The van der Waals surface area contributed by atoms with E-state index in [1.165, 1.54) is 4.88 Å². The first kappa shape index (κ1) is 24.2. The molecule has 10 heteroatoms. The Morgan fingerprint density at radius 2 is 1.91 bits per heavy atom. The lowest BCUT2D eigenvalue weighted by Crippen LogP contribution is -2.48. The van der Waals surface area contributed by atoms with E-state index in [2.05, 4.69) is 55.5 Å². The molecular weight excluding hydrogens is 448 g/mol. The van der Waals surface area contributed by atoms with Crippen LogP contribution in [0.4, 0.5) is 0 Å². The van der Waals surface area contributed by atoms with Crippen LogP contribution in [0.25, 0.3) is 0 Å². The van der Waals surface area contributed by atoms with Gasteiger partial charge in [-0.1, -0.05) is 18.2 Å². The van der Waals surface area contributed by atoms with Crippen LogP contribution in [0.1, 0.15) is 22.3 Å². The van der Waals surface area contributed by atoms with Crippen LogP contribution in [-0.2, 0) is 6.54 Å². The van der Waals surface area contributed by atoms with Gasteiger partial charge in [-0.2, -0.15) is 0 Å². The smallest absolute Gasteiger partial charge is 0.173 e. The Morgan fingerprint density at radius 1 is 1.12 bits per heavy atom. The van der Waals surface area contributed by atoms with Crippen molar-refractivity contribution < 1.29 is 9.47 Å². The SMILES string of the molecule is C=CCN1CCN(C(c2ccc(OC)c(OC)c2)c2nnnn2Cc2cccs2)CC1.Cl. The van der Waals surface area contributed by atoms with Crippen molar-refractivity contribution in [3.63, 3.8) is 0 Å². The molecule has 1 aromatic carbocycles. The quantitative estimate of drug-likeness (QED) is 0.439. The minimum atomic E-state index is -0.0827. The van der Waals surface area contributed by atoms with Gasteiger partial charge in [-0.05, 0) is 39.6 Å². The number of tetrazole rings is 1. The average molecular weight is 477 g/mol. The summed E-state index contributed by atoms with van der Waals surface area (Å²) >= 11 is 1.71. The van der Waals surface area contributed by atoms with Crippen LogP contribution in [0.3, 0.4) is 0 Å². The van der Waals surface area contributed by atoms with Crippen LogP contribution in [0.5, 0.6) is 11.5 Å². The van der Waals surface area contributed by atoms with E-state index in [4.69, 9.17) is 9.47 Å². The molecule has 1 fully saturated rings. The number of piperazine rings is 1. The summed E-state index contributed by atoms with van der Waals surface area (Å²) in [4.78, 5) is 6.07. The van der Waals surface area contributed by atoms with Crippen LogP contribution in [0.2, 0.25) is 0 Å². The zero-order valence-corrected chi connectivity index (χ0v) is 20.0. The van der Waals surface area contributed by atoms with Crippen molar-refractivity contribution in [2.24, 2.45) is 0 Å². The van der Waals surface area contributed by atoms with E-state index in [9.17, 15) is 0 Å². The summed E-state index contributed by atoms with van der Waals surface area (Å²) in [5.74, 6) is 2.24. The highest BCUT2D eigenvalue weighted by molar-refractivity contribution is 7.09. The van der Waals surface area contributed by atoms with Crippen LogP contribution in [0, 0.1) is 0 Å². The topological polar surface area (TPSA) is 68.5 Å². The molecule has 1 atom stereocenters. The van der Waals surface area contributed by atoms with Crippen LogP contribution in [0.15, 0.2) is 48.4 Å². The van der Waals surface area contributed by atoms with Gasteiger partial charge in [-0.15, -0.1) is 35.4 Å². The molecule has 0 saturated carbocycles. The first-order chi connectivity index (χ1) is 15.2. The second kappa shape index (κ2) is 11.4. The normalized spacial score (nSPS) is 15.7. The minimum Gasteiger partial charge on any atom is -0.493 e. The molecule has 4 rings (SSSR count). The summed E-state index contributed by atoms with van der Waals surface area (Å²) in [6.45, 7) is 9.21. The number of benzene rings is 1. The maximum absolute atomic E-state index is 5.58. The lowest BCUT2D eigenvalue weighted by atomic mass is 10.0. The summed E-state index contributed by atoms with van der Waals surface area (Å²) in [6, 6.07) is 10.1. The van der Waals surface area contributed by atoms with Crippen LogP contribution < -0.4 is 9.47 Å². The third kappa shape index (κ3) is 5.29. The third-order valence-corrected chi connectivity index (χ3v) is 6.43. The van der Waals surface area contributed by atoms with Crippen molar-refractivity contribution in [2.75, 3.05) is 46.9 Å². The Balaban J connectivity index is 0.00000289. The summed E-state index contributed by atoms with van der Waals surface area (Å²) in [5, 5.41) is 14.9. The van der Waals surface area contributed by atoms with Crippen molar-refractivity contribution in [3.05, 3.63) is 64.6 Å². The lowest BCUT2D eigenvalue weighted by Gasteiger charge is -2.38. The van der Waals surface area contributed by atoms with Gasteiger partial charge >= 0.3 is 0 Å². The van der Waals surface area contributed by atoms with E-state index in [0.29, 0.717) is 18.0 Å². The van der Waals surface area contributed by atoms with E-state index in [-0.39, 0.29) is 18.4 Å². The number of hydrogen-bond donors (Lipinski definition) is 0. The van der Waals surface area contributed by atoms with Crippen LogP contribution in [-0.4, -0.2) is 77.0 Å². The molecule has 172 valence electrons. The van der Waals surface area contributed by atoms with Gasteiger partial charge in [0.05, 0.1) is 26.8 Å². The molecular formula is C22H29ClN6O2S. The monoisotopic (exact) mass is 476 g/mol. The van der Waals surface area contributed by atoms with Crippen molar-refractivity contribution in [1.29, 1.82) is 0 Å². The van der Waals surface area contributed by atoms with E-state index in [0.717, 1.165) is 44.1 Å². The molecule has 0 aliphatic carbocycles. The molecule has 0 spiro atoms. The van der Waals surface area contributed by atoms with Crippen molar-refractivity contribution in [1.82, 2.24) is 30.0 Å². The molecule has 0 bridgehead atoms. The average Bonchev–Trinajstić information content (AvgIpc) is 3.48. The fraction of sp³-hybridized carbons (Fsp3) is 0.409. The Labute approximate surface area is 198 Å². The number of rotatable bonds is 9. The van der Waals surface area contributed by atoms with Gasteiger partial charge in [-0.3, -0.25) is 9.80 Å². The Kier molecular flexibility index (Phi) is 8.63. The molecule has 1 unspecified atom stereocenters. The molecule has 0 radical (unpaired) electrons. The predicted molar refractivity (Wildman–Crippen MR) is 128 cm³/mol. The first-order valence-corrected chi connectivity index (χ1v) is 11.2. The van der Waals surface area contributed by atoms with E-state index in [1.54, 1.807) is 25.6 Å². The van der Waals surface area contributed by atoms with Crippen molar-refractivity contribution in [3.8, 4) is 11.5 Å². The van der Waals surface area contributed by atoms with Gasteiger partial charge in [0.15, 0.2) is 17.3 Å². The molecule has 8 nitrogen and oxygen atoms in total. The van der Waals surface area contributed by atoms with E-state index >= 15 is 0 Å². The highest BCUT2D eigenvalue weighted by Gasteiger charge is 2.31. The molecule has 3 aromatic rings. The number of methoxy groups -OCH3 is 2. The van der Waals surface area contributed by atoms with E-state index < -0.39 is 0 Å². The maximum atomic E-state index is 5.58. The Hall–Kier alpha value is -2.46. The summed E-state index contributed by atoms with van der Waals surface area (Å²) < 4.78 is 12.9. The van der Waals surface area contributed by atoms with Crippen molar-refractivity contribution in [2.45, 2.75) is 12.6 Å². The number of aromatic nitrogens is 4. The number of nitrogens with zero attached hydrogens (tertiary/aromatic N) is 6. The predicted octanol–water partition coefficient (Wildman–Crippen LogP) is 3.11. The largest absolute Gasteiger partial charge is 0.493 e. The highest BCUT2D eigenvalue weighted by atomic mass is 35.5. The molecule has 1 saturated heterocycles. The number of ether oxygens (including phenoxy) is 2. The van der Waals surface area contributed by atoms with Gasteiger partial charge < -0.3 is 9.47 Å². The van der Waals surface area contributed by atoms with Gasteiger partial charge in [-0.25, -0.2) is 4.68 Å². The Bertz CT molecular complexity index is 988. The second-order valence-electron chi connectivity index (χ2n) is 7.42. The first-order valence-electron chi connectivity index (χ1n) is 10.3. The molecule has 32 heavy (non-hydrogen) atoms. The fourth-order valence-corrected chi connectivity index (χ4v) is 4.69. The maximum Gasteiger partial charge on any atom is 0.173 e. The number of halogens is 1. The third-order valence-electron chi connectivity index (χ3n) is 5.57. The number of hydrogen-bond acceptors (Lipinski definition) is 8. The van der Waals surface area contributed by atoms with Crippen molar-refractivity contribution >= 4 is 23.7 Å². The molecule has 1 aliphatic heterocycles. The van der Waals surface area contributed by atoms with Gasteiger partial charge in [0.1, 0.15) is 0 Å². The fourth-order valence-electron chi connectivity index (χ4n) is 4.00. The zero-order chi connectivity index (χ0) is 21.6. The minimum absolute atomic E-state index is 0. The standard InChI is InChI=1S/C22H28N6O2S.ClH/c1-4-9-26-10-12-27(13-11-26)21(17-7-8-19(29-2)20(15-17)30-3)22-23-24-25-28(22)16-18-6-5-14-31-18;/h4-8,14-15,21H,1,9-13,16H2,2-3H3;1H. The summed E-state index contributed by atoms with van der Waals surface area (Å²) in [6.07, 6.45) is 1.96. The Morgan fingerprint density at radius 3 is 2.56 bits per heavy atom. The van der Waals surface area contributed by atoms with Gasteiger partial charge in [0.25, 0.3) is 0 Å². The van der Waals surface area contributed by atoms with Crippen LogP contribution >= 0.6 is 23.7 Å². The summed E-state index contributed by atoms with van der Waals surface area (Å²) in [7, 11) is 3.31. The second-order valence-corrected chi connectivity index (χ2v) is 8.45. The van der Waals surface area contributed by atoms with Gasteiger partial charge in [0, 0.05) is 37.6 Å². The zero-order valence-electron chi connectivity index (χ0n) is 18.4. The van der Waals surface area contributed by atoms with Gasteiger partial charge in [0.2, 0.25) is 0 Å².